The summed E-state index contributed by atoms with van der Waals surface area (Å²) in [5.74, 6) is 0. The van der Waals surface area contributed by atoms with Gasteiger partial charge in [0.25, 0.3) is 0 Å². The number of benzene rings is 17. The van der Waals surface area contributed by atoms with Gasteiger partial charge in [0.05, 0.1) is 0 Å². The van der Waals surface area contributed by atoms with E-state index in [9.17, 15) is 0 Å². The van der Waals surface area contributed by atoms with Crippen molar-refractivity contribution in [2.75, 3.05) is 0 Å². The molecule has 17 aromatic rings. The van der Waals surface area contributed by atoms with Gasteiger partial charge in [0.1, 0.15) is 0 Å². The minimum atomic E-state index is 0.160. The van der Waals surface area contributed by atoms with E-state index in [1.54, 1.807) is 0 Å². The molecular formula is C134H182. The highest BCUT2D eigenvalue weighted by Gasteiger charge is 2.34. The van der Waals surface area contributed by atoms with Crippen molar-refractivity contribution < 1.29 is 0 Å². The van der Waals surface area contributed by atoms with Crippen molar-refractivity contribution in [1.29, 1.82) is 0 Å². The van der Waals surface area contributed by atoms with Gasteiger partial charge in [0.2, 0.25) is 0 Å². The minimum absolute atomic E-state index is 0.160. The van der Waals surface area contributed by atoms with Crippen LogP contribution >= 0.6 is 0 Å². The molecule has 0 saturated heterocycles. The lowest BCUT2D eigenvalue weighted by Crippen LogP contribution is -2.14. The van der Waals surface area contributed by atoms with Crippen LogP contribution in [0.2, 0.25) is 0 Å². The van der Waals surface area contributed by atoms with Crippen LogP contribution in [-0.2, 0) is 5.41 Å². The van der Waals surface area contributed by atoms with Crippen molar-refractivity contribution >= 4 is 64.6 Å². The summed E-state index contributed by atoms with van der Waals surface area (Å²) in [6.07, 6.45) is 0. The Hall–Kier alpha value is -11.7. The lowest BCUT2D eigenvalue weighted by molar-refractivity contribution is 0.469. The maximum Gasteiger partial charge on any atom is 0.0158 e. The van der Waals surface area contributed by atoms with Crippen molar-refractivity contribution in [3.8, 4) is 11.1 Å². The topological polar surface area (TPSA) is 0 Å². The summed E-state index contributed by atoms with van der Waals surface area (Å²) in [6, 6.07) is 153. The molecule has 0 saturated carbocycles. The van der Waals surface area contributed by atoms with E-state index in [2.05, 4.69) is 438 Å². The molecule has 718 valence electrons. The largest absolute Gasteiger partial charge is 0.0683 e. The minimum Gasteiger partial charge on any atom is -0.0683 e. The molecule has 1 aliphatic carbocycles. The molecule has 0 aliphatic heterocycles. The highest BCUT2D eigenvalue weighted by Crippen LogP contribution is 2.48. The molecule has 0 spiro atoms. The maximum atomic E-state index is 2.30. The Bertz CT molecular complexity index is 4600. The number of rotatable bonds is 0. The first-order chi connectivity index (χ1) is 63.1. The Kier molecular flexibility index (Phi) is 65.0. The zero-order valence-electron chi connectivity index (χ0n) is 90.7. The molecule has 0 heterocycles. The summed E-state index contributed by atoms with van der Waals surface area (Å²) in [4.78, 5) is 0. The van der Waals surface area contributed by atoms with Crippen LogP contribution in [0, 0.1) is 37.9 Å². The van der Waals surface area contributed by atoms with Gasteiger partial charge in [-0.3, -0.25) is 0 Å². The van der Waals surface area contributed by atoms with Gasteiger partial charge in [-0.05, 0) is 125 Å². The first-order valence-electron chi connectivity index (χ1n) is 48.9. The second-order valence-corrected chi connectivity index (χ2v) is 43.1. The molecule has 0 unspecified atom stereocenters. The van der Waals surface area contributed by atoms with Crippen LogP contribution in [0.15, 0.2) is 449 Å². The van der Waals surface area contributed by atoms with Gasteiger partial charge in [-0.15, -0.1) is 0 Å². The monoisotopic (exact) mass is 1790 g/mol. The van der Waals surface area contributed by atoms with Crippen molar-refractivity contribution in [1.82, 2.24) is 0 Å². The van der Waals surface area contributed by atoms with E-state index < -0.39 is 0 Å². The average molecular weight is 1790 g/mol. The van der Waals surface area contributed by atoms with E-state index in [1.807, 2.05) is 260 Å². The predicted molar refractivity (Wildman–Crippen MR) is 617 cm³/mol. The fourth-order valence-electron chi connectivity index (χ4n) is 10.9. The summed E-state index contributed by atoms with van der Waals surface area (Å²) >= 11 is 0. The molecule has 18 rings (SSSR count). The van der Waals surface area contributed by atoms with Crippen LogP contribution in [0.25, 0.3) is 75.8 Å². The van der Waals surface area contributed by atoms with Crippen molar-refractivity contribution in [2.45, 2.75) is 255 Å². The summed E-state index contributed by atoms with van der Waals surface area (Å²) < 4.78 is 0. The van der Waals surface area contributed by atoms with Gasteiger partial charge in [-0.1, -0.05) is 698 Å². The highest BCUT2D eigenvalue weighted by molar-refractivity contribution is 6.25. The molecule has 0 aromatic heterocycles. The van der Waals surface area contributed by atoms with E-state index in [0.29, 0.717) is 37.9 Å². The summed E-state index contributed by atoms with van der Waals surface area (Å²) in [5.41, 5.74) is 9.36. The van der Waals surface area contributed by atoms with Gasteiger partial charge < -0.3 is 0 Å². The molecule has 0 atom stereocenters. The lowest BCUT2D eigenvalue weighted by atomic mass is 9.82. The van der Waals surface area contributed by atoms with Crippen LogP contribution in [0.5, 0.6) is 0 Å². The molecule has 0 bridgehead atoms. The normalized spacial score (nSPS) is 10.6. The van der Waals surface area contributed by atoms with Gasteiger partial charge in [-0.25, -0.2) is 0 Å². The van der Waals surface area contributed by atoms with E-state index >= 15 is 0 Å². The molecule has 134 heavy (non-hydrogen) atoms. The molecule has 0 heteroatoms. The summed E-state index contributed by atoms with van der Waals surface area (Å²) in [7, 11) is 0. The van der Waals surface area contributed by atoms with Crippen LogP contribution in [0.1, 0.15) is 260 Å². The smallest absolute Gasteiger partial charge is 0.0158 e. The third-order valence-electron chi connectivity index (χ3n) is 15.5. The van der Waals surface area contributed by atoms with Crippen LogP contribution < -0.4 is 0 Å². The van der Waals surface area contributed by atoms with E-state index in [4.69, 9.17) is 0 Å². The average Bonchev–Trinajstić information content (AvgIpc) is 1.42. The maximum absolute atomic E-state index is 2.30. The molecule has 0 fully saturated rings. The van der Waals surface area contributed by atoms with Gasteiger partial charge in [0.15, 0.2) is 0 Å². The van der Waals surface area contributed by atoms with Crippen molar-refractivity contribution in [3.63, 3.8) is 0 Å². The number of hydrogen-bond donors (Lipinski definition) is 0. The number of fused-ring (bicyclic) bond motifs is 13. The van der Waals surface area contributed by atoms with Gasteiger partial charge in [0, 0.05) is 5.41 Å². The SMILES string of the molecule is CC.CC.CC.CC(C)(C)C.CC(C)(C)C.CC(C)(C)C.CC(C)(C)C.CC(C)(C)C.CC(C)(C)C.CC(C)(C)C.CC1(C)c2ccccc2-c2ccccc21.c1ccc2c(c1)c1ccccc1c1ccccc21.c1ccc2c(c1)ccc1ccccc12.c1ccc2ccccc2c1.c1ccccc1.c1ccccc1.c1ccccc1.c1ccccc1.c1ccccc1.c1ccccc1. The molecule has 0 radical (unpaired) electrons. The molecular weight excluding hydrogens is 1610 g/mol. The molecule has 0 N–H and O–H groups in total. The first kappa shape index (κ1) is 124. The van der Waals surface area contributed by atoms with Gasteiger partial charge in [-0.2, -0.15) is 0 Å². The fourth-order valence-corrected chi connectivity index (χ4v) is 10.9. The Morgan fingerprint density at radius 1 is 0.119 bits per heavy atom. The Balaban J connectivity index is 0. The molecule has 0 nitrogen and oxygen atoms in total. The van der Waals surface area contributed by atoms with Crippen molar-refractivity contribution in [2.24, 2.45) is 37.9 Å². The summed E-state index contributed by atoms with van der Waals surface area (Å²) in [6.45, 7) is 77.9. The first-order valence-corrected chi connectivity index (χ1v) is 48.9. The predicted octanol–water partition coefficient (Wildman–Crippen LogP) is 43.5. The van der Waals surface area contributed by atoms with Crippen LogP contribution in [0.4, 0.5) is 0 Å². The summed E-state index contributed by atoms with van der Waals surface area (Å²) in [5, 5.41) is 16.0. The molecule has 1 aliphatic rings. The zero-order valence-corrected chi connectivity index (χ0v) is 90.7. The molecule has 17 aromatic carbocycles. The van der Waals surface area contributed by atoms with Crippen LogP contribution in [-0.4, -0.2) is 0 Å². The third-order valence-corrected chi connectivity index (χ3v) is 15.5. The fraction of sp³-hybridized carbons (Fsp3) is 0.328. The quantitative estimate of drug-likeness (QED) is 0.133. The van der Waals surface area contributed by atoms with E-state index in [1.165, 1.54) is 86.9 Å². The highest BCUT2D eigenvalue weighted by atomic mass is 14.4. The zero-order chi connectivity index (χ0) is 102. The second-order valence-electron chi connectivity index (χ2n) is 43.1. The van der Waals surface area contributed by atoms with E-state index in [0.717, 1.165) is 0 Å². The van der Waals surface area contributed by atoms with E-state index in [-0.39, 0.29) is 5.41 Å². The lowest BCUT2D eigenvalue weighted by Gasteiger charge is -2.20. The second kappa shape index (κ2) is 70.1. The molecule has 0 amide bonds. The van der Waals surface area contributed by atoms with Crippen molar-refractivity contribution in [3.05, 3.63) is 460 Å². The Labute approximate surface area is 822 Å². The van der Waals surface area contributed by atoms with Gasteiger partial charge >= 0.3 is 0 Å². The standard InChI is InChI=1S/C18H12.C15H14.C14H10.C10H8.6C6H6.7C5H12.3C2H6/c1-2-8-14-13(7-1)15-9-3-4-11-17(15)18-12-6-5-10-16(14)18;1-15(2)13-9-5-3-7-11(13)12-8-4-6-10-14(12)15;1-3-7-13-11(5-1)9-10-12-6-2-4-8-14(12)13;1-2-6-10-8-4-3-7-9(10)5-1;6*1-2-4-6-5-3-1;7*1-5(2,3)4;3*1-2/h1-12H;3-10H,1-2H3;1-10H;1-8H;6*1-6H;7*1-4H3;3*1-2H3. The third kappa shape index (κ3) is 70.1. The number of hydrogen-bond acceptors (Lipinski definition) is 0. The Morgan fingerprint density at radius 3 is 0.366 bits per heavy atom. The van der Waals surface area contributed by atoms with Crippen LogP contribution in [0.3, 0.4) is 0 Å². The Morgan fingerprint density at radius 2 is 0.224 bits per heavy atom.